The first-order chi connectivity index (χ1) is 11.6. The molecule has 0 unspecified atom stereocenters. The van der Waals surface area contributed by atoms with E-state index in [9.17, 15) is 14.7 Å². The van der Waals surface area contributed by atoms with Crippen LogP contribution >= 0.6 is 0 Å². The van der Waals surface area contributed by atoms with Crippen molar-refractivity contribution in [3.63, 3.8) is 0 Å². The van der Waals surface area contributed by atoms with Crippen LogP contribution in [0.5, 0.6) is 5.75 Å². The van der Waals surface area contributed by atoms with Crippen LogP contribution in [0.25, 0.3) is 11.0 Å². The molecule has 1 aliphatic carbocycles. The van der Waals surface area contributed by atoms with Gasteiger partial charge in [0, 0.05) is 29.5 Å². The molecule has 0 saturated heterocycles. The van der Waals surface area contributed by atoms with E-state index in [1.54, 1.807) is 6.07 Å². The molecular formula is C19H22O5. The first-order valence-corrected chi connectivity index (χ1v) is 8.51. The summed E-state index contributed by atoms with van der Waals surface area (Å²) in [4.78, 5) is 23.7. The molecule has 24 heavy (non-hydrogen) atoms. The largest absolute Gasteiger partial charge is 0.508 e. The number of phenolic OH excluding ortho intramolecular Hbond substituents is 1. The maximum absolute atomic E-state index is 12.0. The van der Waals surface area contributed by atoms with E-state index in [0.717, 1.165) is 18.4 Å². The lowest BCUT2D eigenvalue weighted by Gasteiger charge is -2.11. The minimum Gasteiger partial charge on any atom is -0.508 e. The number of benzene rings is 1. The fourth-order valence-electron chi connectivity index (χ4n) is 3.38. The van der Waals surface area contributed by atoms with Crippen LogP contribution in [0.3, 0.4) is 0 Å². The summed E-state index contributed by atoms with van der Waals surface area (Å²) in [6, 6.07) is 4.58. The van der Waals surface area contributed by atoms with E-state index in [4.69, 9.17) is 9.15 Å². The van der Waals surface area contributed by atoms with Gasteiger partial charge in [-0.25, -0.2) is 4.79 Å². The van der Waals surface area contributed by atoms with Crippen molar-refractivity contribution < 1.29 is 19.1 Å². The molecule has 1 aromatic heterocycles. The first-order valence-electron chi connectivity index (χ1n) is 8.51. The molecule has 1 heterocycles. The Morgan fingerprint density at radius 1 is 1.25 bits per heavy atom. The zero-order chi connectivity index (χ0) is 17.1. The Balaban J connectivity index is 1.80. The van der Waals surface area contributed by atoms with Crippen LogP contribution in [0.4, 0.5) is 0 Å². The summed E-state index contributed by atoms with van der Waals surface area (Å²) in [5, 5.41) is 10.6. The Kier molecular flexibility index (Phi) is 4.88. The van der Waals surface area contributed by atoms with E-state index >= 15 is 0 Å². The summed E-state index contributed by atoms with van der Waals surface area (Å²) in [6.45, 7) is 1.98. The molecule has 1 fully saturated rings. The third-order valence-corrected chi connectivity index (χ3v) is 4.73. The lowest BCUT2D eigenvalue weighted by Crippen LogP contribution is -2.11. The number of hydrogen-bond acceptors (Lipinski definition) is 5. The molecule has 0 amide bonds. The second-order valence-corrected chi connectivity index (χ2v) is 6.44. The molecule has 3 rings (SSSR count). The van der Waals surface area contributed by atoms with Gasteiger partial charge in [-0.05, 0) is 36.8 Å². The van der Waals surface area contributed by atoms with Crippen molar-refractivity contribution in [3.05, 3.63) is 39.7 Å². The molecule has 128 valence electrons. The normalized spacial score (nSPS) is 15.0. The predicted molar refractivity (Wildman–Crippen MR) is 89.9 cm³/mol. The highest BCUT2D eigenvalue weighted by Gasteiger charge is 2.19. The first kappa shape index (κ1) is 16.6. The number of fused-ring (bicyclic) bond motifs is 1. The van der Waals surface area contributed by atoms with Crippen LogP contribution in [0.1, 0.15) is 50.2 Å². The number of carbonyl (C=O) groups is 1. The average Bonchev–Trinajstić information content (AvgIpc) is 3.04. The monoisotopic (exact) mass is 330 g/mol. The Labute approximate surface area is 140 Å². The van der Waals surface area contributed by atoms with Gasteiger partial charge in [0.2, 0.25) is 0 Å². The molecule has 0 spiro atoms. The molecule has 1 saturated carbocycles. The van der Waals surface area contributed by atoms with Gasteiger partial charge >= 0.3 is 11.6 Å². The van der Waals surface area contributed by atoms with E-state index in [0.29, 0.717) is 35.3 Å². The standard InChI is InChI=1S/C19H22O5/c1-2-13-8-15-14(9-19(22)24-17(15)10-16(13)20)11-23-18(21)7-12-5-3-4-6-12/h8-10,12,20H,2-7,11H2,1H3. The molecule has 5 nitrogen and oxygen atoms in total. The summed E-state index contributed by atoms with van der Waals surface area (Å²) in [6.07, 6.45) is 5.65. The van der Waals surface area contributed by atoms with Gasteiger partial charge in [0.25, 0.3) is 0 Å². The number of ether oxygens (including phenoxy) is 1. The molecule has 0 bridgehead atoms. The van der Waals surface area contributed by atoms with Gasteiger partial charge in [-0.15, -0.1) is 0 Å². The number of hydrogen-bond donors (Lipinski definition) is 1. The Hall–Kier alpha value is -2.30. The summed E-state index contributed by atoms with van der Waals surface area (Å²) in [5.41, 5.74) is 1.15. The summed E-state index contributed by atoms with van der Waals surface area (Å²) < 4.78 is 10.5. The van der Waals surface area contributed by atoms with Crippen molar-refractivity contribution in [2.45, 2.75) is 52.1 Å². The third kappa shape index (κ3) is 3.61. The fourth-order valence-corrected chi connectivity index (χ4v) is 3.38. The SMILES string of the molecule is CCc1cc2c(COC(=O)CC3CCCC3)cc(=O)oc2cc1O. The van der Waals surface area contributed by atoms with Crippen LogP contribution in [0.15, 0.2) is 27.4 Å². The molecule has 0 atom stereocenters. The van der Waals surface area contributed by atoms with Crippen molar-refractivity contribution in [2.75, 3.05) is 0 Å². The lowest BCUT2D eigenvalue weighted by atomic mass is 10.0. The van der Waals surface area contributed by atoms with Crippen molar-refractivity contribution in [1.29, 1.82) is 0 Å². The van der Waals surface area contributed by atoms with Gasteiger partial charge in [0.15, 0.2) is 0 Å². The van der Waals surface area contributed by atoms with Gasteiger partial charge < -0.3 is 14.3 Å². The molecule has 5 heteroatoms. The van der Waals surface area contributed by atoms with Gasteiger partial charge in [-0.3, -0.25) is 4.79 Å². The lowest BCUT2D eigenvalue weighted by molar-refractivity contribution is -0.146. The highest BCUT2D eigenvalue weighted by Crippen LogP contribution is 2.29. The number of esters is 1. The number of carbonyl (C=O) groups excluding carboxylic acids is 1. The van der Waals surface area contributed by atoms with E-state index in [2.05, 4.69) is 0 Å². The Morgan fingerprint density at radius 2 is 2.00 bits per heavy atom. The fraction of sp³-hybridized carbons (Fsp3) is 0.474. The molecule has 2 aromatic rings. The molecule has 0 radical (unpaired) electrons. The summed E-state index contributed by atoms with van der Waals surface area (Å²) >= 11 is 0. The minimum absolute atomic E-state index is 0.0432. The van der Waals surface area contributed by atoms with Crippen molar-refractivity contribution in [3.8, 4) is 5.75 Å². The van der Waals surface area contributed by atoms with Crippen molar-refractivity contribution in [2.24, 2.45) is 5.92 Å². The second-order valence-electron chi connectivity index (χ2n) is 6.44. The van der Waals surface area contributed by atoms with E-state index < -0.39 is 5.63 Å². The number of phenols is 1. The summed E-state index contributed by atoms with van der Waals surface area (Å²) in [5.74, 6) is 0.306. The quantitative estimate of drug-likeness (QED) is 0.668. The predicted octanol–water partition coefficient (Wildman–Crippen LogP) is 3.68. The molecule has 1 N–H and O–H groups in total. The Bertz CT molecular complexity index is 799. The third-order valence-electron chi connectivity index (χ3n) is 4.73. The van der Waals surface area contributed by atoms with Crippen LogP contribution in [-0.4, -0.2) is 11.1 Å². The average molecular weight is 330 g/mol. The highest BCUT2D eigenvalue weighted by molar-refractivity contribution is 5.83. The van der Waals surface area contributed by atoms with Crippen molar-refractivity contribution >= 4 is 16.9 Å². The van der Waals surface area contributed by atoms with Gasteiger partial charge in [0.1, 0.15) is 17.9 Å². The van der Waals surface area contributed by atoms with E-state index in [1.807, 2.05) is 6.92 Å². The van der Waals surface area contributed by atoms with Crippen LogP contribution < -0.4 is 5.63 Å². The van der Waals surface area contributed by atoms with Crippen molar-refractivity contribution in [1.82, 2.24) is 0 Å². The van der Waals surface area contributed by atoms with E-state index in [1.165, 1.54) is 25.0 Å². The zero-order valence-corrected chi connectivity index (χ0v) is 13.8. The minimum atomic E-state index is -0.520. The molecule has 0 aliphatic heterocycles. The number of aromatic hydroxyl groups is 1. The van der Waals surface area contributed by atoms with Gasteiger partial charge in [-0.1, -0.05) is 19.8 Å². The zero-order valence-electron chi connectivity index (χ0n) is 13.8. The van der Waals surface area contributed by atoms with Crippen LogP contribution in [0, 0.1) is 5.92 Å². The van der Waals surface area contributed by atoms with Crippen LogP contribution in [0.2, 0.25) is 0 Å². The topological polar surface area (TPSA) is 76.7 Å². The maximum atomic E-state index is 12.0. The molecule has 1 aliphatic rings. The summed E-state index contributed by atoms with van der Waals surface area (Å²) in [7, 11) is 0. The molecule has 1 aromatic carbocycles. The molecular weight excluding hydrogens is 308 g/mol. The number of rotatable bonds is 5. The Morgan fingerprint density at radius 3 is 2.71 bits per heavy atom. The maximum Gasteiger partial charge on any atom is 0.336 e. The smallest absolute Gasteiger partial charge is 0.336 e. The van der Waals surface area contributed by atoms with Gasteiger partial charge in [0.05, 0.1) is 0 Å². The van der Waals surface area contributed by atoms with E-state index in [-0.39, 0.29) is 18.3 Å². The van der Waals surface area contributed by atoms with Gasteiger partial charge in [-0.2, -0.15) is 0 Å². The second kappa shape index (κ2) is 7.07. The van der Waals surface area contributed by atoms with Crippen LogP contribution in [-0.2, 0) is 22.6 Å². The highest BCUT2D eigenvalue weighted by atomic mass is 16.5. The number of aryl methyl sites for hydroxylation is 1.